The Morgan fingerprint density at radius 3 is 3.00 bits per heavy atom. The predicted octanol–water partition coefficient (Wildman–Crippen LogP) is 1.24. The number of nitrogens with one attached hydrogen (secondary N) is 1. The normalized spacial score (nSPS) is 12.4. The molecule has 6 nitrogen and oxygen atoms in total. The van der Waals surface area contributed by atoms with E-state index in [1.165, 1.54) is 28.7 Å². The van der Waals surface area contributed by atoms with Crippen LogP contribution in [-0.2, 0) is 4.79 Å². The van der Waals surface area contributed by atoms with E-state index < -0.39 is 6.04 Å². The van der Waals surface area contributed by atoms with E-state index in [9.17, 15) is 4.79 Å². The molecule has 0 fully saturated rings. The number of anilines is 1. The molecule has 1 atom stereocenters. The maximum Gasteiger partial charge on any atom is 0.250 e. The molecular formula is C9H11N5OS. The first-order chi connectivity index (χ1) is 7.66. The van der Waals surface area contributed by atoms with Crippen LogP contribution in [0.3, 0.4) is 0 Å². The first kappa shape index (κ1) is 10.7. The lowest BCUT2D eigenvalue weighted by Crippen LogP contribution is -2.23. The molecule has 2 heterocycles. The summed E-state index contributed by atoms with van der Waals surface area (Å²) < 4.78 is 1.50. The number of rotatable bonds is 3. The Labute approximate surface area is 96.3 Å². The van der Waals surface area contributed by atoms with Crippen molar-refractivity contribution < 1.29 is 4.79 Å². The van der Waals surface area contributed by atoms with Gasteiger partial charge in [0.1, 0.15) is 18.7 Å². The summed E-state index contributed by atoms with van der Waals surface area (Å²) in [5.41, 5.74) is 0. The van der Waals surface area contributed by atoms with Gasteiger partial charge in [-0.2, -0.15) is 5.10 Å². The van der Waals surface area contributed by atoms with Crippen molar-refractivity contribution in [2.75, 3.05) is 5.32 Å². The van der Waals surface area contributed by atoms with E-state index in [1.807, 2.05) is 6.92 Å². The van der Waals surface area contributed by atoms with Gasteiger partial charge in [-0.3, -0.25) is 4.79 Å². The molecule has 1 N–H and O–H groups in total. The van der Waals surface area contributed by atoms with Crippen molar-refractivity contribution in [3.63, 3.8) is 0 Å². The van der Waals surface area contributed by atoms with Crippen LogP contribution in [0.4, 0.5) is 5.13 Å². The average molecular weight is 237 g/mol. The summed E-state index contributed by atoms with van der Waals surface area (Å²) in [4.78, 5) is 20.7. The van der Waals surface area contributed by atoms with Crippen LogP contribution >= 0.6 is 11.3 Å². The Kier molecular flexibility index (Phi) is 2.95. The summed E-state index contributed by atoms with van der Waals surface area (Å²) in [6, 6.07) is -0.397. The van der Waals surface area contributed by atoms with Crippen LogP contribution in [0.1, 0.15) is 17.8 Å². The fraction of sp³-hybridized carbons (Fsp3) is 0.333. The summed E-state index contributed by atoms with van der Waals surface area (Å²) in [5.74, 6) is -0.153. The van der Waals surface area contributed by atoms with Crippen molar-refractivity contribution in [3.05, 3.63) is 23.7 Å². The third-order valence-electron chi connectivity index (χ3n) is 2.06. The molecular weight excluding hydrogens is 226 g/mol. The number of nitrogens with zero attached hydrogens (tertiary/aromatic N) is 4. The van der Waals surface area contributed by atoms with Crippen molar-refractivity contribution in [1.29, 1.82) is 0 Å². The van der Waals surface area contributed by atoms with Crippen molar-refractivity contribution in [3.8, 4) is 0 Å². The molecule has 0 bridgehead atoms. The van der Waals surface area contributed by atoms with Gasteiger partial charge in [-0.25, -0.2) is 14.6 Å². The van der Waals surface area contributed by atoms with Gasteiger partial charge in [-0.1, -0.05) is 0 Å². The lowest BCUT2D eigenvalue weighted by Gasteiger charge is -2.09. The molecule has 16 heavy (non-hydrogen) atoms. The number of carbonyl (C=O) groups is 1. The Hall–Kier alpha value is -1.76. The minimum Gasteiger partial charge on any atom is -0.300 e. The molecule has 0 spiro atoms. The van der Waals surface area contributed by atoms with E-state index in [-0.39, 0.29) is 5.91 Å². The van der Waals surface area contributed by atoms with Gasteiger partial charge in [-0.15, -0.1) is 11.3 Å². The van der Waals surface area contributed by atoms with Gasteiger partial charge in [-0.05, 0) is 13.8 Å². The van der Waals surface area contributed by atoms with Crippen LogP contribution in [0.25, 0.3) is 0 Å². The second-order valence-corrected chi connectivity index (χ2v) is 4.55. The molecule has 0 saturated carbocycles. The van der Waals surface area contributed by atoms with Crippen LogP contribution in [0.2, 0.25) is 0 Å². The zero-order chi connectivity index (χ0) is 11.5. The lowest BCUT2D eigenvalue weighted by atomic mass is 10.3. The standard InChI is InChI=1S/C9H11N5OS/c1-6-3-11-9(16-6)13-8(15)7(2)14-5-10-4-12-14/h3-5,7H,1-2H3,(H,11,13,15)/t7-/m1/s1. The minimum absolute atomic E-state index is 0.153. The summed E-state index contributed by atoms with van der Waals surface area (Å²) in [7, 11) is 0. The molecule has 2 aromatic rings. The zero-order valence-corrected chi connectivity index (χ0v) is 9.73. The number of aromatic nitrogens is 4. The Morgan fingerprint density at radius 2 is 2.44 bits per heavy atom. The first-order valence-corrected chi connectivity index (χ1v) is 5.56. The number of hydrogen-bond donors (Lipinski definition) is 1. The number of amides is 1. The SMILES string of the molecule is Cc1cnc(NC(=O)[C@@H](C)n2cncn2)s1. The first-order valence-electron chi connectivity index (χ1n) is 4.74. The van der Waals surface area contributed by atoms with Crippen LogP contribution in [0.15, 0.2) is 18.9 Å². The Morgan fingerprint density at radius 1 is 1.62 bits per heavy atom. The highest BCUT2D eigenvalue weighted by molar-refractivity contribution is 7.15. The van der Waals surface area contributed by atoms with E-state index in [0.717, 1.165) is 4.88 Å². The highest BCUT2D eigenvalue weighted by atomic mass is 32.1. The van der Waals surface area contributed by atoms with Crippen molar-refractivity contribution in [2.24, 2.45) is 0 Å². The van der Waals surface area contributed by atoms with E-state index in [1.54, 1.807) is 13.1 Å². The quantitative estimate of drug-likeness (QED) is 0.871. The highest BCUT2D eigenvalue weighted by Gasteiger charge is 2.16. The smallest absolute Gasteiger partial charge is 0.250 e. The molecule has 0 aromatic carbocycles. The Balaban J connectivity index is 2.03. The van der Waals surface area contributed by atoms with Crippen LogP contribution < -0.4 is 5.32 Å². The topological polar surface area (TPSA) is 72.7 Å². The van der Waals surface area contributed by atoms with E-state index in [2.05, 4.69) is 20.4 Å². The number of carbonyl (C=O) groups excluding carboxylic acids is 1. The van der Waals surface area contributed by atoms with Gasteiger partial charge in [0, 0.05) is 11.1 Å². The molecule has 0 radical (unpaired) electrons. The summed E-state index contributed by atoms with van der Waals surface area (Å²) in [6.07, 6.45) is 4.63. The molecule has 0 unspecified atom stereocenters. The largest absolute Gasteiger partial charge is 0.300 e. The third kappa shape index (κ3) is 2.25. The van der Waals surface area contributed by atoms with Gasteiger partial charge in [0.05, 0.1) is 0 Å². The predicted molar refractivity (Wildman–Crippen MR) is 60.2 cm³/mol. The van der Waals surface area contributed by atoms with E-state index in [0.29, 0.717) is 5.13 Å². The van der Waals surface area contributed by atoms with Crippen molar-refractivity contribution in [1.82, 2.24) is 19.7 Å². The zero-order valence-electron chi connectivity index (χ0n) is 8.91. The molecule has 0 saturated heterocycles. The highest BCUT2D eigenvalue weighted by Crippen LogP contribution is 2.17. The maximum atomic E-state index is 11.8. The fourth-order valence-corrected chi connectivity index (χ4v) is 1.83. The number of hydrogen-bond acceptors (Lipinski definition) is 5. The molecule has 0 aliphatic rings. The van der Waals surface area contributed by atoms with Gasteiger partial charge < -0.3 is 5.32 Å². The molecule has 84 valence electrons. The monoisotopic (exact) mass is 237 g/mol. The van der Waals surface area contributed by atoms with Crippen LogP contribution in [0, 0.1) is 6.92 Å². The van der Waals surface area contributed by atoms with E-state index >= 15 is 0 Å². The summed E-state index contributed by atoms with van der Waals surface area (Å²) >= 11 is 1.44. The van der Waals surface area contributed by atoms with Crippen molar-refractivity contribution >= 4 is 22.4 Å². The van der Waals surface area contributed by atoms with E-state index in [4.69, 9.17) is 0 Å². The fourth-order valence-electron chi connectivity index (χ4n) is 1.16. The molecule has 2 aromatic heterocycles. The average Bonchev–Trinajstić information content (AvgIpc) is 2.88. The molecule has 0 aliphatic heterocycles. The van der Waals surface area contributed by atoms with Crippen LogP contribution in [0.5, 0.6) is 0 Å². The summed E-state index contributed by atoms with van der Waals surface area (Å²) in [5, 5.41) is 7.25. The number of thiazole rings is 1. The second-order valence-electron chi connectivity index (χ2n) is 3.32. The molecule has 2 rings (SSSR count). The third-order valence-corrected chi connectivity index (χ3v) is 2.89. The van der Waals surface area contributed by atoms with Gasteiger partial charge in [0.15, 0.2) is 5.13 Å². The molecule has 1 amide bonds. The van der Waals surface area contributed by atoms with Gasteiger partial charge in [0.25, 0.3) is 5.91 Å². The molecule has 0 aliphatic carbocycles. The van der Waals surface area contributed by atoms with Gasteiger partial charge in [0.2, 0.25) is 0 Å². The summed E-state index contributed by atoms with van der Waals surface area (Å²) in [6.45, 7) is 3.69. The van der Waals surface area contributed by atoms with Crippen molar-refractivity contribution in [2.45, 2.75) is 19.9 Å². The number of aryl methyl sites for hydroxylation is 1. The van der Waals surface area contributed by atoms with Gasteiger partial charge >= 0.3 is 0 Å². The minimum atomic E-state index is -0.397. The maximum absolute atomic E-state index is 11.8. The molecule has 7 heteroatoms. The second kappa shape index (κ2) is 4.40. The lowest BCUT2D eigenvalue weighted by molar-refractivity contribution is -0.119. The van der Waals surface area contributed by atoms with Crippen LogP contribution in [-0.4, -0.2) is 25.7 Å². The Bertz CT molecular complexity index is 478.